The van der Waals surface area contributed by atoms with Gasteiger partial charge in [-0.3, -0.25) is 0 Å². The second kappa shape index (κ2) is 6.57. The summed E-state index contributed by atoms with van der Waals surface area (Å²) in [6.45, 7) is 7.82. The Morgan fingerprint density at radius 2 is 2.11 bits per heavy atom. The maximum atomic E-state index is 12.0. The lowest BCUT2D eigenvalue weighted by Crippen LogP contribution is -2.34. The molecule has 1 amide bonds. The van der Waals surface area contributed by atoms with Crippen LogP contribution >= 0.6 is 0 Å². The highest BCUT2D eigenvalue weighted by molar-refractivity contribution is 5.67. The first-order valence-electron chi connectivity index (χ1n) is 6.85. The first-order chi connectivity index (χ1) is 9.16. The first-order valence-corrected chi connectivity index (χ1v) is 6.85. The molecule has 4 nitrogen and oxygen atoms in total. The maximum Gasteiger partial charge on any atom is 0.410 e. The van der Waals surface area contributed by atoms with E-state index in [0.717, 1.165) is 38.2 Å². The lowest BCUT2D eigenvalue weighted by Gasteiger charge is -2.19. The number of benzene rings is 1. The van der Waals surface area contributed by atoms with Crippen molar-refractivity contribution in [3.05, 3.63) is 34.9 Å². The molecule has 0 bridgehead atoms. The number of ether oxygens (including phenoxy) is 1. The van der Waals surface area contributed by atoms with Crippen molar-refractivity contribution in [3.8, 4) is 0 Å². The van der Waals surface area contributed by atoms with Gasteiger partial charge in [-0.1, -0.05) is 18.2 Å². The second-order valence-electron chi connectivity index (χ2n) is 5.06. The van der Waals surface area contributed by atoms with E-state index in [1.807, 2.05) is 6.07 Å². The summed E-state index contributed by atoms with van der Waals surface area (Å²) >= 11 is 0. The summed E-state index contributed by atoms with van der Waals surface area (Å²) in [4.78, 5) is 13.7. The average molecular weight is 262 g/mol. The monoisotopic (exact) mass is 262 g/mol. The molecule has 1 fully saturated rings. The smallest absolute Gasteiger partial charge is 0.410 e. The fraction of sp³-hybridized carbons (Fsp3) is 0.533. The quantitative estimate of drug-likeness (QED) is 0.888. The van der Waals surface area contributed by atoms with Crippen LogP contribution in [0.15, 0.2) is 18.2 Å². The largest absolute Gasteiger partial charge is 0.445 e. The van der Waals surface area contributed by atoms with Crippen LogP contribution in [0.5, 0.6) is 0 Å². The predicted molar refractivity (Wildman–Crippen MR) is 75.2 cm³/mol. The van der Waals surface area contributed by atoms with Crippen molar-refractivity contribution in [1.29, 1.82) is 0 Å². The van der Waals surface area contributed by atoms with Crippen LogP contribution in [-0.4, -0.2) is 37.2 Å². The highest BCUT2D eigenvalue weighted by Gasteiger charge is 2.16. The molecule has 1 aromatic rings. The predicted octanol–water partition coefficient (Wildman–Crippen LogP) is 2.24. The van der Waals surface area contributed by atoms with E-state index in [-0.39, 0.29) is 6.09 Å². The van der Waals surface area contributed by atoms with Gasteiger partial charge in [-0.15, -0.1) is 0 Å². The van der Waals surface area contributed by atoms with Crippen molar-refractivity contribution in [2.75, 3.05) is 26.2 Å². The van der Waals surface area contributed by atoms with Gasteiger partial charge in [-0.05, 0) is 43.5 Å². The second-order valence-corrected chi connectivity index (χ2v) is 5.06. The summed E-state index contributed by atoms with van der Waals surface area (Å²) in [6, 6.07) is 6.15. The molecule has 1 aliphatic heterocycles. The Hall–Kier alpha value is -1.55. The number of hydrogen-bond donors (Lipinski definition) is 1. The van der Waals surface area contributed by atoms with Crippen LogP contribution in [-0.2, 0) is 11.3 Å². The number of amides is 1. The van der Waals surface area contributed by atoms with Crippen LogP contribution < -0.4 is 5.32 Å². The topological polar surface area (TPSA) is 41.6 Å². The lowest BCUT2D eigenvalue weighted by molar-refractivity contribution is 0.0984. The number of rotatable bonds is 2. The molecule has 1 aromatic carbocycles. The van der Waals surface area contributed by atoms with Gasteiger partial charge in [-0.2, -0.15) is 0 Å². The molecule has 2 rings (SSSR count). The normalized spacial score (nSPS) is 16.0. The van der Waals surface area contributed by atoms with E-state index >= 15 is 0 Å². The Kier molecular flexibility index (Phi) is 4.80. The van der Waals surface area contributed by atoms with E-state index < -0.39 is 0 Å². The molecule has 0 unspecified atom stereocenters. The summed E-state index contributed by atoms with van der Waals surface area (Å²) in [5.74, 6) is 0. The zero-order chi connectivity index (χ0) is 13.7. The Bertz CT molecular complexity index is 438. The van der Waals surface area contributed by atoms with Crippen molar-refractivity contribution in [2.45, 2.75) is 26.9 Å². The minimum absolute atomic E-state index is 0.207. The summed E-state index contributed by atoms with van der Waals surface area (Å²) in [6.07, 6.45) is 0.778. The van der Waals surface area contributed by atoms with Gasteiger partial charge in [0.2, 0.25) is 0 Å². The summed E-state index contributed by atoms with van der Waals surface area (Å²) in [7, 11) is 0. The molecule has 0 spiro atoms. The standard InChI is InChI=1S/C15H22N2O2/c1-12-4-5-14(10-13(12)2)11-19-15(18)17-8-3-6-16-7-9-17/h4-5,10,16H,3,6-9,11H2,1-2H3. The van der Waals surface area contributed by atoms with Crippen molar-refractivity contribution >= 4 is 6.09 Å². The Balaban J connectivity index is 1.86. The van der Waals surface area contributed by atoms with Gasteiger partial charge in [0.25, 0.3) is 0 Å². The molecule has 0 atom stereocenters. The summed E-state index contributed by atoms with van der Waals surface area (Å²) in [5, 5.41) is 3.27. The SMILES string of the molecule is Cc1ccc(COC(=O)N2CCCNCC2)cc1C. The van der Waals surface area contributed by atoms with E-state index in [1.165, 1.54) is 11.1 Å². The fourth-order valence-corrected chi connectivity index (χ4v) is 2.16. The van der Waals surface area contributed by atoms with Gasteiger partial charge < -0.3 is 15.0 Å². The molecule has 0 aromatic heterocycles. The van der Waals surface area contributed by atoms with Crippen LogP contribution in [0, 0.1) is 13.8 Å². The van der Waals surface area contributed by atoms with E-state index in [1.54, 1.807) is 4.90 Å². The van der Waals surface area contributed by atoms with Gasteiger partial charge in [-0.25, -0.2) is 4.79 Å². The first kappa shape index (κ1) is 13.9. The van der Waals surface area contributed by atoms with Crippen LogP contribution in [0.25, 0.3) is 0 Å². The van der Waals surface area contributed by atoms with E-state index in [0.29, 0.717) is 6.61 Å². The Morgan fingerprint density at radius 1 is 1.26 bits per heavy atom. The van der Waals surface area contributed by atoms with Gasteiger partial charge >= 0.3 is 6.09 Å². The number of carbonyl (C=O) groups is 1. The lowest BCUT2D eigenvalue weighted by atomic mass is 10.1. The van der Waals surface area contributed by atoms with E-state index in [9.17, 15) is 4.79 Å². The highest BCUT2D eigenvalue weighted by atomic mass is 16.6. The van der Waals surface area contributed by atoms with Crippen molar-refractivity contribution in [1.82, 2.24) is 10.2 Å². The Labute approximate surface area is 114 Å². The number of carbonyl (C=O) groups excluding carboxylic acids is 1. The molecule has 104 valence electrons. The van der Waals surface area contributed by atoms with E-state index in [4.69, 9.17) is 4.74 Å². The Morgan fingerprint density at radius 3 is 2.89 bits per heavy atom. The van der Waals surface area contributed by atoms with Gasteiger partial charge in [0.1, 0.15) is 6.61 Å². The fourth-order valence-electron chi connectivity index (χ4n) is 2.16. The molecule has 1 N–H and O–H groups in total. The third kappa shape index (κ3) is 3.96. The van der Waals surface area contributed by atoms with Crippen LogP contribution in [0.3, 0.4) is 0 Å². The van der Waals surface area contributed by atoms with Crippen molar-refractivity contribution in [3.63, 3.8) is 0 Å². The number of hydrogen-bond acceptors (Lipinski definition) is 3. The molecule has 19 heavy (non-hydrogen) atoms. The average Bonchev–Trinajstić information content (AvgIpc) is 2.69. The summed E-state index contributed by atoms with van der Waals surface area (Å²) < 4.78 is 5.38. The zero-order valence-corrected chi connectivity index (χ0v) is 11.7. The molecule has 4 heteroatoms. The minimum atomic E-state index is -0.207. The molecule has 0 aliphatic carbocycles. The zero-order valence-electron chi connectivity index (χ0n) is 11.7. The van der Waals surface area contributed by atoms with Crippen LogP contribution in [0.1, 0.15) is 23.1 Å². The number of nitrogens with one attached hydrogen (secondary N) is 1. The van der Waals surface area contributed by atoms with Gasteiger partial charge in [0.05, 0.1) is 0 Å². The van der Waals surface area contributed by atoms with Crippen molar-refractivity contribution in [2.24, 2.45) is 0 Å². The molecule has 1 heterocycles. The number of aryl methyl sites for hydroxylation is 2. The molecular formula is C15H22N2O2. The van der Waals surface area contributed by atoms with Gasteiger partial charge in [0, 0.05) is 19.6 Å². The molecule has 0 saturated carbocycles. The third-order valence-electron chi connectivity index (χ3n) is 3.53. The van der Waals surface area contributed by atoms with Crippen molar-refractivity contribution < 1.29 is 9.53 Å². The van der Waals surface area contributed by atoms with Crippen LogP contribution in [0.4, 0.5) is 4.79 Å². The third-order valence-corrected chi connectivity index (χ3v) is 3.53. The van der Waals surface area contributed by atoms with Gasteiger partial charge in [0.15, 0.2) is 0 Å². The molecule has 0 radical (unpaired) electrons. The molecule has 1 saturated heterocycles. The minimum Gasteiger partial charge on any atom is -0.445 e. The summed E-state index contributed by atoms with van der Waals surface area (Å²) in [5.41, 5.74) is 3.53. The van der Waals surface area contributed by atoms with Crippen LogP contribution in [0.2, 0.25) is 0 Å². The molecular weight excluding hydrogens is 240 g/mol. The molecule has 1 aliphatic rings. The maximum absolute atomic E-state index is 12.0. The van der Waals surface area contributed by atoms with E-state index in [2.05, 4.69) is 31.3 Å². The number of nitrogens with zero attached hydrogens (tertiary/aromatic N) is 1. The highest BCUT2D eigenvalue weighted by Crippen LogP contribution is 2.11.